The van der Waals surface area contributed by atoms with Crippen molar-refractivity contribution in [3.05, 3.63) is 29.8 Å². The number of aryl methyl sites for hydroxylation is 1. The van der Waals surface area contributed by atoms with Crippen molar-refractivity contribution >= 4 is 15.9 Å². The van der Waals surface area contributed by atoms with Crippen LogP contribution in [0.15, 0.2) is 24.3 Å². The third kappa shape index (κ3) is 5.51. The molecule has 1 aromatic carbocycles. The van der Waals surface area contributed by atoms with Crippen molar-refractivity contribution in [1.29, 1.82) is 0 Å². The molecule has 23 heavy (non-hydrogen) atoms. The Bertz CT molecular complexity index is 643. The van der Waals surface area contributed by atoms with Crippen LogP contribution in [0.2, 0.25) is 0 Å². The number of carbonyl (C=O) groups excluding carboxylic acids is 1. The number of carbonyl (C=O) groups is 1. The SMILES string of the molecule is Cc1ccc(OC(C)C(=O)N2CCCC(NS(C)(=O)=O)C2)cc1. The van der Waals surface area contributed by atoms with E-state index in [0.717, 1.165) is 24.7 Å². The van der Waals surface area contributed by atoms with Crippen LogP contribution in [0.5, 0.6) is 5.75 Å². The van der Waals surface area contributed by atoms with Crippen molar-refractivity contribution in [3.8, 4) is 5.75 Å². The summed E-state index contributed by atoms with van der Waals surface area (Å²) in [6.07, 6.45) is 2.05. The van der Waals surface area contributed by atoms with Gasteiger partial charge in [0.2, 0.25) is 10.0 Å². The number of hydrogen-bond donors (Lipinski definition) is 1. The summed E-state index contributed by atoms with van der Waals surface area (Å²) in [5.74, 6) is 0.532. The predicted molar refractivity (Wildman–Crippen MR) is 88.9 cm³/mol. The lowest BCUT2D eigenvalue weighted by molar-refractivity contribution is -0.139. The number of ether oxygens (including phenoxy) is 1. The first kappa shape index (κ1) is 17.7. The molecule has 128 valence electrons. The Morgan fingerprint density at radius 3 is 2.61 bits per heavy atom. The molecular formula is C16H24N2O4S. The third-order valence-electron chi connectivity index (χ3n) is 3.80. The molecule has 6 nitrogen and oxygen atoms in total. The van der Waals surface area contributed by atoms with Gasteiger partial charge in [-0.05, 0) is 38.8 Å². The van der Waals surface area contributed by atoms with E-state index in [9.17, 15) is 13.2 Å². The van der Waals surface area contributed by atoms with Gasteiger partial charge in [-0.2, -0.15) is 0 Å². The Morgan fingerprint density at radius 1 is 1.35 bits per heavy atom. The number of amides is 1. The molecule has 7 heteroatoms. The molecule has 0 aliphatic carbocycles. The minimum absolute atomic E-state index is 0.120. The highest BCUT2D eigenvalue weighted by molar-refractivity contribution is 7.88. The summed E-state index contributed by atoms with van der Waals surface area (Å²) in [4.78, 5) is 14.2. The van der Waals surface area contributed by atoms with Gasteiger partial charge >= 0.3 is 0 Å². The standard InChI is InChI=1S/C16H24N2O4S/c1-12-6-8-15(9-7-12)22-13(2)16(19)18-10-4-5-14(11-18)17-23(3,20)21/h6-9,13-14,17H,4-5,10-11H2,1-3H3. The van der Waals surface area contributed by atoms with Gasteiger partial charge in [-0.1, -0.05) is 17.7 Å². The molecule has 1 amide bonds. The normalized spacial score (nSPS) is 20.1. The summed E-state index contributed by atoms with van der Waals surface area (Å²) >= 11 is 0. The maximum absolute atomic E-state index is 12.5. The van der Waals surface area contributed by atoms with E-state index < -0.39 is 16.1 Å². The van der Waals surface area contributed by atoms with E-state index in [4.69, 9.17) is 4.74 Å². The number of rotatable bonds is 5. The van der Waals surface area contributed by atoms with E-state index in [1.54, 1.807) is 11.8 Å². The highest BCUT2D eigenvalue weighted by Crippen LogP contribution is 2.16. The lowest BCUT2D eigenvalue weighted by Crippen LogP contribution is -2.52. The molecule has 1 aromatic rings. The maximum atomic E-state index is 12.5. The summed E-state index contributed by atoms with van der Waals surface area (Å²) in [6, 6.07) is 7.31. The minimum Gasteiger partial charge on any atom is -0.481 e. The lowest BCUT2D eigenvalue weighted by atomic mass is 10.1. The number of sulfonamides is 1. The summed E-state index contributed by atoms with van der Waals surface area (Å²) in [6.45, 7) is 4.71. The van der Waals surface area contributed by atoms with Crippen molar-refractivity contribution in [2.24, 2.45) is 0 Å². The summed E-state index contributed by atoms with van der Waals surface area (Å²) in [7, 11) is -3.26. The quantitative estimate of drug-likeness (QED) is 0.877. The van der Waals surface area contributed by atoms with Crippen molar-refractivity contribution in [2.75, 3.05) is 19.3 Å². The minimum atomic E-state index is -3.26. The summed E-state index contributed by atoms with van der Waals surface area (Å²) < 4.78 is 30.9. The van der Waals surface area contributed by atoms with E-state index >= 15 is 0 Å². The van der Waals surface area contributed by atoms with Crippen LogP contribution in [0.1, 0.15) is 25.3 Å². The fourth-order valence-corrected chi connectivity index (χ4v) is 3.50. The maximum Gasteiger partial charge on any atom is 0.263 e. The van der Waals surface area contributed by atoms with Gasteiger partial charge in [0.1, 0.15) is 5.75 Å². The van der Waals surface area contributed by atoms with Crippen molar-refractivity contribution in [1.82, 2.24) is 9.62 Å². The molecule has 0 spiro atoms. The first-order chi connectivity index (χ1) is 10.7. The van der Waals surface area contributed by atoms with Crippen molar-refractivity contribution < 1.29 is 17.9 Å². The molecule has 2 rings (SSSR count). The zero-order valence-corrected chi connectivity index (χ0v) is 14.6. The van der Waals surface area contributed by atoms with Crippen molar-refractivity contribution in [2.45, 2.75) is 38.8 Å². The molecule has 1 aliphatic heterocycles. The number of hydrogen-bond acceptors (Lipinski definition) is 4. The van der Waals surface area contributed by atoms with Crippen LogP contribution >= 0.6 is 0 Å². The fourth-order valence-electron chi connectivity index (χ4n) is 2.70. The van der Waals surface area contributed by atoms with Gasteiger partial charge in [0.15, 0.2) is 6.10 Å². The van der Waals surface area contributed by atoms with E-state index in [1.807, 2.05) is 31.2 Å². The average molecular weight is 340 g/mol. The van der Waals surface area contributed by atoms with Gasteiger partial charge in [-0.3, -0.25) is 4.79 Å². The molecule has 2 unspecified atom stereocenters. The zero-order valence-electron chi connectivity index (χ0n) is 13.8. The van der Waals surface area contributed by atoms with Gasteiger partial charge in [0, 0.05) is 19.1 Å². The highest BCUT2D eigenvalue weighted by atomic mass is 32.2. The second-order valence-corrected chi connectivity index (χ2v) is 7.87. The molecule has 1 heterocycles. The van der Waals surface area contributed by atoms with Crippen LogP contribution in [0.4, 0.5) is 0 Å². The highest BCUT2D eigenvalue weighted by Gasteiger charge is 2.28. The van der Waals surface area contributed by atoms with Crippen LogP contribution in [0.3, 0.4) is 0 Å². The molecule has 2 atom stereocenters. The van der Waals surface area contributed by atoms with E-state index in [0.29, 0.717) is 18.8 Å². The molecule has 1 saturated heterocycles. The van der Waals surface area contributed by atoms with Crippen LogP contribution < -0.4 is 9.46 Å². The van der Waals surface area contributed by atoms with Gasteiger partial charge in [0.05, 0.1) is 6.26 Å². The Kier molecular flexibility index (Phi) is 5.64. The van der Waals surface area contributed by atoms with Crippen molar-refractivity contribution in [3.63, 3.8) is 0 Å². The fraction of sp³-hybridized carbons (Fsp3) is 0.562. The molecule has 1 aliphatic rings. The molecule has 0 radical (unpaired) electrons. The Labute approximate surface area is 137 Å². The Hall–Kier alpha value is -1.60. The average Bonchev–Trinajstić information content (AvgIpc) is 2.47. The van der Waals surface area contributed by atoms with E-state index in [-0.39, 0.29) is 11.9 Å². The molecule has 1 N–H and O–H groups in total. The zero-order chi connectivity index (χ0) is 17.0. The van der Waals surface area contributed by atoms with Gasteiger partial charge in [-0.25, -0.2) is 13.1 Å². The van der Waals surface area contributed by atoms with E-state index in [2.05, 4.69) is 4.72 Å². The van der Waals surface area contributed by atoms with Gasteiger partial charge in [0.25, 0.3) is 5.91 Å². The molecular weight excluding hydrogens is 316 g/mol. The van der Waals surface area contributed by atoms with Crippen LogP contribution in [0, 0.1) is 6.92 Å². The lowest BCUT2D eigenvalue weighted by Gasteiger charge is -2.34. The number of nitrogens with one attached hydrogen (secondary N) is 1. The largest absolute Gasteiger partial charge is 0.481 e. The third-order valence-corrected chi connectivity index (χ3v) is 4.56. The van der Waals surface area contributed by atoms with E-state index in [1.165, 1.54) is 0 Å². The topological polar surface area (TPSA) is 75.7 Å². The van der Waals surface area contributed by atoms with Gasteiger partial charge in [-0.15, -0.1) is 0 Å². The van der Waals surface area contributed by atoms with Crippen LogP contribution in [-0.4, -0.2) is 50.7 Å². The molecule has 0 bridgehead atoms. The predicted octanol–water partition coefficient (Wildman–Crippen LogP) is 1.30. The first-order valence-electron chi connectivity index (χ1n) is 7.74. The number of likely N-dealkylation sites (tertiary alicyclic amines) is 1. The second kappa shape index (κ2) is 7.31. The smallest absolute Gasteiger partial charge is 0.263 e. The molecule has 0 saturated carbocycles. The van der Waals surface area contributed by atoms with Crippen LogP contribution in [-0.2, 0) is 14.8 Å². The van der Waals surface area contributed by atoms with Crippen LogP contribution in [0.25, 0.3) is 0 Å². The number of piperidine rings is 1. The first-order valence-corrected chi connectivity index (χ1v) is 9.63. The van der Waals surface area contributed by atoms with Gasteiger partial charge < -0.3 is 9.64 Å². The monoisotopic (exact) mass is 340 g/mol. The summed E-state index contributed by atoms with van der Waals surface area (Å²) in [5, 5.41) is 0. The number of benzene rings is 1. The molecule has 0 aromatic heterocycles. The summed E-state index contributed by atoms with van der Waals surface area (Å²) in [5.41, 5.74) is 1.13. The number of nitrogens with zero attached hydrogens (tertiary/aromatic N) is 1. The second-order valence-electron chi connectivity index (χ2n) is 6.09. The molecule has 1 fully saturated rings. The Balaban J connectivity index is 1.94. The Morgan fingerprint density at radius 2 is 2.00 bits per heavy atom.